The first-order chi connectivity index (χ1) is 17.6. The first-order valence-corrected chi connectivity index (χ1v) is 12.1. The van der Waals surface area contributed by atoms with E-state index in [4.69, 9.17) is 15.2 Å². The molecule has 0 saturated heterocycles. The number of alkyl carbamates (subject to hydrolysis) is 2. The molecule has 0 aliphatic rings. The number of carbonyl (C=O) groups is 4. The minimum atomic E-state index is -0.515. The van der Waals surface area contributed by atoms with Gasteiger partial charge in [-0.15, -0.1) is 0 Å². The molecule has 2 aromatic rings. The van der Waals surface area contributed by atoms with Gasteiger partial charge in [0.25, 0.3) is 0 Å². The summed E-state index contributed by atoms with van der Waals surface area (Å²) in [6, 6.07) is 13.8. The molecule has 0 aromatic heterocycles. The van der Waals surface area contributed by atoms with Crippen molar-refractivity contribution in [3.8, 4) is 0 Å². The molecule has 0 bridgehead atoms. The van der Waals surface area contributed by atoms with Crippen molar-refractivity contribution < 1.29 is 33.4 Å². The quantitative estimate of drug-likeness (QED) is 0.273. The Balaban J connectivity index is 0.000000380. The molecule has 0 aliphatic carbocycles. The van der Waals surface area contributed by atoms with Gasteiger partial charge >= 0.3 is 18.2 Å². The van der Waals surface area contributed by atoms with Crippen LogP contribution in [0.25, 0.3) is 0 Å². The lowest BCUT2D eigenvalue weighted by atomic mass is 10.1. The van der Waals surface area contributed by atoms with Crippen LogP contribution >= 0.6 is 0 Å². The van der Waals surface area contributed by atoms with E-state index < -0.39 is 23.4 Å². The molecule has 0 aliphatic heterocycles. The van der Waals surface area contributed by atoms with Crippen molar-refractivity contribution in [3.63, 3.8) is 0 Å². The van der Waals surface area contributed by atoms with Crippen LogP contribution in [0.4, 0.5) is 9.59 Å². The fraction of sp³-hybridized carbons (Fsp3) is 0.429. The summed E-state index contributed by atoms with van der Waals surface area (Å²) in [7, 11) is 1.33. The number of benzene rings is 2. The minimum Gasteiger partial charge on any atom is -0.465 e. The molecular formula is C28H39N3O7. The van der Waals surface area contributed by atoms with Gasteiger partial charge in [0.2, 0.25) is 0 Å². The summed E-state index contributed by atoms with van der Waals surface area (Å²) in [6.07, 6.45) is -0.931. The smallest absolute Gasteiger partial charge is 0.407 e. The molecule has 10 nitrogen and oxygen atoms in total. The number of carbonyl (C=O) groups excluding carboxylic acids is 4. The molecule has 0 unspecified atom stereocenters. The lowest BCUT2D eigenvalue weighted by Gasteiger charge is -2.19. The third-order valence-corrected chi connectivity index (χ3v) is 4.51. The van der Waals surface area contributed by atoms with E-state index in [1.54, 1.807) is 90.1 Å². The average molecular weight is 530 g/mol. The van der Waals surface area contributed by atoms with E-state index in [2.05, 4.69) is 15.4 Å². The van der Waals surface area contributed by atoms with E-state index >= 15 is 0 Å². The molecule has 0 heterocycles. The van der Waals surface area contributed by atoms with E-state index in [-0.39, 0.29) is 18.3 Å². The summed E-state index contributed by atoms with van der Waals surface area (Å²) in [4.78, 5) is 45.5. The van der Waals surface area contributed by atoms with E-state index in [9.17, 15) is 19.2 Å². The summed E-state index contributed by atoms with van der Waals surface area (Å²) in [5.74, 6) is -0.488. The fourth-order valence-corrected chi connectivity index (χ4v) is 2.78. The van der Waals surface area contributed by atoms with E-state index in [0.717, 1.165) is 11.1 Å². The van der Waals surface area contributed by atoms with Gasteiger partial charge in [-0.1, -0.05) is 36.4 Å². The van der Waals surface area contributed by atoms with Gasteiger partial charge in [0, 0.05) is 18.7 Å². The summed E-state index contributed by atoms with van der Waals surface area (Å²) in [5, 5.41) is 5.29. The number of nitrogens with two attached hydrogens (primary N) is 1. The van der Waals surface area contributed by atoms with Crippen LogP contribution in [-0.2, 0) is 27.3 Å². The Morgan fingerprint density at radius 1 is 0.684 bits per heavy atom. The zero-order valence-electron chi connectivity index (χ0n) is 23.2. The van der Waals surface area contributed by atoms with Crippen molar-refractivity contribution in [2.45, 2.75) is 65.8 Å². The molecule has 0 atom stereocenters. The molecule has 0 fully saturated rings. The predicted molar refractivity (Wildman–Crippen MR) is 144 cm³/mol. The Labute approximate surface area is 224 Å². The molecule has 2 rings (SSSR count). The topological polar surface area (TPSA) is 146 Å². The van der Waals surface area contributed by atoms with Crippen molar-refractivity contribution in [1.29, 1.82) is 0 Å². The van der Waals surface area contributed by atoms with Crippen LogP contribution in [0.1, 0.15) is 73.4 Å². The first kappa shape index (κ1) is 32.1. The number of ketones is 1. The van der Waals surface area contributed by atoms with Crippen LogP contribution in [0.3, 0.4) is 0 Å². The second kappa shape index (κ2) is 14.7. The Bertz CT molecular complexity index is 980. The third-order valence-electron chi connectivity index (χ3n) is 4.51. The molecule has 10 heteroatoms. The van der Waals surface area contributed by atoms with Gasteiger partial charge in [-0.25, -0.2) is 14.4 Å². The maximum Gasteiger partial charge on any atom is 0.407 e. The highest BCUT2D eigenvalue weighted by Gasteiger charge is 2.16. The first-order valence-electron chi connectivity index (χ1n) is 12.1. The summed E-state index contributed by atoms with van der Waals surface area (Å²) >= 11 is 0. The average Bonchev–Trinajstić information content (AvgIpc) is 2.84. The second-order valence-corrected chi connectivity index (χ2v) is 10.2. The zero-order chi connectivity index (χ0) is 28.9. The van der Waals surface area contributed by atoms with Crippen LogP contribution in [0.15, 0.2) is 48.5 Å². The number of amides is 2. The van der Waals surface area contributed by atoms with E-state index in [0.29, 0.717) is 24.2 Å². The number of esters is 1. The standard InChI is InChI=1S/C14H20N2O3.C14H19NO4/c1-14(2,3)19-13(18)16-9-10-4-6-11(7-5-10)12(17)8-15;1-14(2,3)19-13(17)15-9-10-5-7-11(8-6-10)12(16)18-4/h4-7H,8-9,15H2,1-3H3,(H,16,18);5-8H,9H2,1-4H3,(H,15,17). The number of nitrogens with one attached hydrogen (secondary N) is 2. The minimum absolute atomic E-state index is 0.00446. The van der Waals surface area contributed by atoms with Gasteiger partial charge < -0.3 is 30.6 Å². The van der Waals surface area contributed by atoms with Gasteiger partial charge in [0.05, 0.1) is 19.2 Å². The maximum absolute atomic E-state index is 11.4. The zero-order valence-corrected chi connectivity index (χ0v) is 23.2. The van der Waals surface area contributed by atoms with Crippen LogP contribution in [0.2, 0.25) is 0 Å². The van der Waals surface area contributed by atoms with Crippen molar-refractivity contribution in [2.75, 3.05) is 13.7 Å². The number of methoxy groups -OCH3 is 1. The largest absolute Gasteiger partial charge is 0.465 e. The number of Topliss-reactive ketones (excluding diaryl/α,β-unsaturated/α-hetero) is 1. The molecule has 208 valence electrons. The maximum atomic E-state index is 11.4. The molecule has 0 radical (unpaired) electrons. The summed E-state index contributed by atoms with van der Waals surface area (Å²) in [6.45, 7) is 11.5. The molecule has 4 N–H and O–H groups in total. The van der Waals surface area contributed by atoms with Crippen LogP contribution in [-0.4, -0.2) is 48.8 Å². The fourth-order valence-electron chi connectivity index (χ4n) is 2.78. The number of ether oxygens (including phenoxy) is 3. The molecule has 0 saturated carbocycles. The van der Waals surface area contributed by atoms with Crippen molar-refractivity contribution >= 4 is 23.9 Å². The highest BCUT2D eigenvalue weighted by atomic mass is 16.6. The molecular weight excluding hydrogens is 490 g/mol. The lowest BCUT2D eigenvalue weighted by molar-refractivity contribution is 0.0512. The van der Waals surface area contributed by atoms with Gasteiger partial charge in [0.1, 0.15) is 11.2 Å². The highest BCUT2D eigenvalue weighted by Crippen LogP contribution is 2.09. The third kappa shape index (κ3) is 13.4. The normalized spacial score (nSPS) is 10.8. The summed E-state index contributed by atoms with van der Waals surface area (Å²) in [5.41, 5.74) is 7.06. The van der Waals surface area contributed by atoms with Gasteiger partial charge in [-0.2, -0.15) is 0 Å². The van der Waals surface area contributed by atoms with Crippen LogP contribution in [0, 0.1) is 0 Å². The number of rotatable bonds is 7. The Morgan fingerprint density at radius 2 is 1.05 bits per heavy atom. The Morgan fingerprint density at radius 3 is 1.37 bits per heavy atom. The SMILES string of the molecule is CC(C)(C)OC(=O)NCc1ccc(C(=O)CN)cc1.COC(=O)c1ccc(CNC(=O)OC(C)(C)C)cc1. The monoisotopic (exact) mass is 529 g/mol. The van der Waals surface area contributed by atoms with Crippen LogP contribution in [0.5, 0.6) is 0 Å². The van der Waals surface area contributed by atoms with E-state index in [1.807, 2.05) is 0 Å². The van der Waals surface area contributed by atoms with Crippen LogP contribution < -0.4 is 16.4 Å². The van der Waals surface area contributed by atoms with Crippen molar-refractivity contribution in [1.82, 2.24) is 10.6 Å². The molecule has 2 aromatic carbocycles. The van der Waals surface area contributed by atoms with Gasteiger partial charge in [-0.05, 0) is 64.8 Å². The van der Waals surface area contributed by atoms with Crippen molar-refractivity contribution in [2.24, 2.45) is 5.73 Å². The molecule has 38 heavy (non-hydrogen) atoms. The predicted octanol–water partition coefficient (Wildman–Crippen LogP) is 4.35. The molecule has 0 spiro atoms. The summed E-state index contributed by atoms with van der Waals surface area (Å²) < 4.78 is 14.8. The number of hydrogen-bond donors (Lipinski definition) is 3. The Kier molecular flexibility index (Phi) is 12.4. The Hall–Kier alpha value is -3.92. The second-order valence-electron chi connectivity index (χ2n) is 10.2. The van der Waals surface area contributed by atoms with Crippen molar-refractivity contribution in [3.05, 3.63) is 70.8 Å². The van der Waals surface area contributed by atoms with Gasteiger partial charge in [-0.3, -0.25) is 4.79 Å². The lowest BCUT2D eigenvalue weighted by Crippen LogP contribution is -2.32. The van der Waals surface area contributed by atoms with E-state index in [1.165, 1.54) is 7.11 Å². The highest BCUT2D eigenvalue weighted by molar-refractivity contribution is 5.97. The number of hydrogen-bond acceptors (Lipinski definition) is 8. The van der Waals surface area contributed by atoms with Gasteiger partial charge in [0.15, 0.2) is 5.78 Å². The molecule has 2 amide bonds.